The summed E-state index contributed by atoms with van der Waals surface area (Å²) in [5.74, 6) is 1.30. The van der Waals surface area contributed by atoms with Crippen molar-refractivity contribution in [3.05, 3.63) is 65.4 Å². The lowest BCUT2D eigenvalue weighted by molar-refractivity contribution is -0.113. The van der Waals surface area contributed by atoms with E-state index < -0.39 is 0 Å². The number of anilines is 1. The highest BCUT2D eigenvalue weighted by Gasteiger charge is 2.15. The van der Waals surface area contributed by atoms with E-state index in [4.69, 9.17) is 20.8 Å². The topological polar surface area (TPSA) is 108 Å². The van der Waals surface area contributed by atoms with E-state index in [1.807, 2.05) is 42.5 Å². The van der Waals surface area contributed by atoms with Crippen molar-refractivity contribution in [3.8, 4) is 17.2 Å². The van der Waals surface area contributed by atoms with E-state index in [9.17, 15) is 4.79 Å². The zero-order chi connectivity index (χ0) is 21.6. The maximum Gasteiger partial charge on any atom is 0.322 e. The maximum absolute atomic E-state index is 12.2. The van der Waals surface area contributed by atoms with Crippen molar-refractivity contribution in [2.45, 2.75) is 11.8 Å². The number of amides is 1. The molecule has 0 aliphatic heterocycles. The summed E-state index contributed by atoms with van der Waals surface area (Å²) in [7, 11) is 1.80. The average Bonchev–Trinajstić information content (AvgIpc) is 3.39. The van der Waals surface area contributed by atoms with E-state index in [1.54, 1.807) is 23.7 Å². The molecule has 2 aromatic carbocycles. The molecule has 4 aromatic rings. The molecule has 11 heteroatoms. The van der Waals surface area contributed by atoms with Gasteiger partial charge in [-0.15, -0.1) is 15.3 Å². The first-order valence-corrected chi connectivity index (χ1v) is 10.5. The first-order chi connectivity index (χ1) is 15.1. The summed E-state index contributed by atoms with van der Waals surface area (Å²) in [4.78, 5) is 12.2. The van der Waals surface area contributed by atoms with Crippen molar-refractivity contribution in [1.29, 1.82) is 0 Å². The molecule has 0 atom stereocenters. The fraction of sp³-hybridized carbons (Fsp3) is 0.150. The number of ether oxygens (including phenoxy) is 1. The largest absolute Gasteiger partial charge is 0.484 e. The van der Waals surface area contributed by atoms with E-state index in [2.05, 4.69) is 25.7 Å². The number of carbonyl (C=O) groups excluding carboxylic acids is 1. The summed E-state index contributed by atoms with van der Waals surface area (Å²) in [6, 6.07) is 16.5. The zero-order valence-electron chi connectivity index (χ0n) is 16.4. The Hall–Kier alpha value is -3.37. The minimum absolute atomic E-state index is 0.0382. The monoisotopic (exact) mass is 456 g/mol. The Bertz CT molecular complexity index is 1180. The molecule has 0 aliphatic carbocycles. The highest BCUT2D eigenvalue weighted by molar-refractivity contribution is 7.99. The van der Waals surface area contributed by atoms with Gasteiger partial charge in [-0.2, -0.15) is 0 Å². The van der Waals surface area contributed by atoms with Gasteiger partial charge in [0.2, 0.25) is 11.8 Å². The van der Waals surface area contributed by atoms with Gasteiger partial charge in [0.1, 0.15) is 12.4 Å². The van der Waals surface area contributed by atoms with Gasteiger partial charge in [-0.25, -0.2) is 0 Å². The fourth-order valence-electron chi connectivity index (χ4n) is 2.56. The summed E-state index contributed by atoms with van der Waals surface area (Å²) in [6.07, 6.45) is 0. The number of thioether (sulfide) groups is 1. The molecule has 9 nitrogen and oxygen atoms in total. The van der Waals surface area contributed by atoms with E-state index in [0.717, 1.165) is 5.56 Å². The lowest BCUT2D eigenvalue weighted by atomic mass is 10.2. The number of rotatable bonds is 8. The predicted molar refractivity (Wildman–Crippen MR) is 116 cm³/mol. The molecule has 0 aliphatic rings. The maximum atomic E-state index is 12.2. The standard InChI is InChI=1S/C20H17ClN6O3S/c1-27-16(11-29-15-10-6-5-9-14(15)21)23-26-20(27)31-12-17(28)22-19-25-24-18(30-19)13-7-3-2-4-8-13/h2-10H,11-12H2,1H3,(H,22,25,28). The van der Waals surface area contributed by atoms with Crippen LogP contribution in [0.25, 0.3) is 11.5 Å². The first-order valence-electron chi connectivity index (χ1n) is 9.17. The van der Waals surface area contributed by atoms with Crippen LogP contribution < -0.4 is 10.1 Å². The van der Waals surface area contributed by atoms with Crippen molar-refractivity contribution in [3.63, 3.8) is 0 Å². The van der Waals surface area contributed by atoms with Gasteiger partial charge in [0.05, 0.1) is 10.8 Å². The number of nitrogens with one attached hydrogen (secondary N) is 1. The number of halogens is 1. The molecular formula is C20H17ClN6O3S. The van der Waals surface area contributed by atoms with Gasteiger partial charge in [-0.3, -0.25) is 10.1 Å². The van der Waals surface area contributed by atoms with Gasteiger partial charge < -0.3 is 13.7 Å². The number of hydrogen-bond donors (Lipinski definition) is 1. The van der Waals surface area contributed by atoms with Crippen LogP contribution >= 0.6 is 23.4 Å². The molecule has 0 saturated heterocycles. The second-order valence-electron chi connectivity index (χ2n) is 6.29. The Morgan fingerprint density at radius 2 is 1.87 bits per heavy atom. The van der Waals surface area contributed by atoms with Gasteiger partial charge in [0, 0.05) is 12.6 Å². The van der Waals surface area contributed by atoms with E-state index >= 15 is 0 Å². The molecule has 158 valence electrons. The molecule has 2 aromatic heterocycles. The highest BCUT2D eigenvalue weighted by Crippen LogP contribution is 2.24. The van der Waals surface area contributed by atoms with Crippen molar-refractivity contribution < 1.29 is 13.9 Å². The Morgan fingerprint density at radius 3 is 2.68 bits per heavy atom. The van der Waals surface area contributed by atoms with E-state index in [1.165, 1.54) is 11.8 Å². The van der Waals surface area contributed by atoms with Crippen LogP contribution in [0.5, 0.6) is 5.75 Å². The molecule has 0 bridgehead atoms. The van der Waals surface area contributed by atoms with Crippen molar-refractivity contribution in [1.82, 2.24) is 25.0 Å². The molecule has 0 saturated carbocycles. The average molecular weight is 457 g/mol. The first kappa shape index (κ1) is 20.9. The van der Waals surface area contributed by atoms with E-state index in [-0.39, 0.29) is 24.3 Å². The van der Waals surface area contributed by atoms with Crippen LogP contribution in [0, 0.1) is 0 Å². The van der Waals surface area contributed by atoms with Crippen LogP contribution in [-0.4, -0.2) is 36.6 Å². The Labute approximate surface area is 186 Å². The third-order valence-corrected chi connectivity index (χ3v) is 5.48. The van der Waals surface area contributed by atoms with Gasteiger partial charge in [-0.05, 0) is 24.3 Å². The quantitative estimate of drug-likeness (QED) is 0.398. The molecular weight excluding hydrogens is 440 g/mol. The molecule has 0 unspecified atom stereocenters. The third-order valence-electron chi connectivity index (χ3n) is 4.14. The van der Waals surface area contributed by atoms with Crippen molar-refractivity contribution >= 4 is 35.3 Å². The van der Waals surface area contributed by atoms with Gasteiger partial charge in [0.15, 0.2) is 11.0 Å². The minimum Gasteiger partial charge on any atom is -0.484 e. The fourth-order valence-corrected chi connectivity index (χ4v) is 3.48. The lowest BCUT2D eigenvalue weighted by Gasteiger charge is -2.07. The summed E-state index contributed by atoms with van der Waals surface area (Å²) in [6.45, 7) is 0.199. The molecule has 0 spiro atoms. The molecule has 0 fully saturated rings. The normalized spacial score (nSPS) is 10.8. The van der Waals surface area contributed by atoms with Crippen LogP contribution in [-0.2, 0) is 18.4 Å². The number of hydrogen-bond acceptors (Lipinski definition) is 8. The lowest BCUT2D eigenvalue weighted by Crippen LogP contribution is -2.14. The predicted octanol–water partition coefficient (Wildman–Crippen LogP) is 3.83. The van der Waals surface area contributed by atoms with Gasteiger partial charge in [0.25, 0.3) is 0 Å². The summed E-state index contributed by atoms with van der Waals surface area (Å²) < 4.78 is 12.9. The SMILES string of the molecule is Cn1c(COc2ccccc2Cl)nnc1SCC(=O)Nc1nnc(-c2ccccc2)o1. The number of para-hydroxylation sites is 1. The molecule has 31 heavy (non-hydrogen) atoms. The van der Waals surface area contributed by atoms with Crippen LogP contribution in [0.3, 0.4) is 0 Å². The summed E-state index contributed by atoms with van der Waals surface area (Å²) >= 11 is 7.32. The smallest absolute Gasteiger partial charge is 0.322 e. The van der Waals surface area contributed by atoms with E-state index in [0.29, 0.717) is 27.6 Å². The molecule has 2 heterocycles. The van der Waals surface area contributed by atoms with Crippen LogP contribution in [0.15, 0.2) is 64.2 Å². The van der Waals surface area contributed by atoms with Crippen LogP contribution in [0.1, 0.15) is 5.82 Å². The minimum atomic E-state index is -0.301. The molecule has 4 rings (SSSR count). The second kappa shape index (κ2) is 9.63. The summed E-state index contributed by atoms with van der Waals surface area (Å²) in [5, 5.41) is 19.7. The number of aromatic nitrogens is 5. The molecule has 1 N–H and O–H groups in total. The number of nitrogens with zero attached hydrogens (tertiary/aromatic N) is 5. The highest BCUT2D eigenvalue weighted by atomic mass is 35.5. The Balaban J connectivity index is 1.30. The van der Waals surface area contributed by atoms with Crippen molar-refractivity contribution in [2.24, 2.45) is 7.05 Å². The zero-order valence-corrected chi connectivity index (χ0v) is 17.9. The Kier molecular flexibility index (Phi) is 6.48. The van der Waals surface area contributed by atoms with Crippen LogP contribution in [0.4, 0.5) is 6.01 Å². The molecule has 1 amide bonds. The summed E-state index contributed by atoms with van der Waals surface area (Å²) in [5.41, 5.74) is 0.774. The third kappa shape index (κ3) is 5.22. The van der Waals surface area contributed by atoms with Crippen molar-refractivity contribution in [2.75, 3.05) is 11.1 Å². The Morgan fingerprint density at radius 1 is 1.10 bits per heavy atom. The van der Waals surface area contributed by atoms with Crippen LogP contribution in [0.2, 0.25) is 5.02 Å². The number of benzene rings is 2. The number of carbonyl (C=O) groups is 1. The van der Waals surface area contributed by atoms with Gasteiger partial charge >= 0.3 is 6.01 Å². The second-order valence-corrected chi connectivity index (χ2v) is 7.64. The van der Waals surface area contributed by atoms with Gasteiger partial charge in [-0.1, -0.05) is 58.8 Å². The molecule has 0 radical (unpaired) electrons.